The summed E-state index contributed by atoms with van der Waals surface area (Å²) in [4.78, 5) is 14.3. The van der Waals surface area contributed by atoms with Gasteiger partial charge >= 0.3 is 6.18 Å². The van der Waals surface area contributed by atoms with E-state index in [0.29, 0.717) is 17.5 Å². The second-order valence-corrected chi connectivity index (χ2v) is 6.86. The predicted molar refractivity (Wildman–Crippen MR) is 81.0 cm³/mol. The smallest absolute Gasteiger partial charge is 0.340 e. The number of aromatic nitrogens is 3. The van der Waals surface area contributed by atoms with E-state index in [4.69, 9.17) is 0 Å². The van der Waals surface area contributed by atoms with Crippen LogP contribution in [0.1, 0.15) is 29.5 Å². The van der Waals surface area contributed by atoms with Crippen LogP contribution < -0.4 is 4.90 Å². The summed E-state index contributed by atoms with van der Waals surface area (Å²) in [6.45, 7) is 1.39. The summed E-state index contributed by atoms with van der Waals surface area (Å²) in [6.07, 6.45) is 0.662. The van der Waals surface area contributed by atoms with Gasteiger partial charge in [0.25, 0.3) is 0 Å². The highest BCUT2D eigenvalue weighted by atomic mass is 79.9. The van der Waals surface area contributed by atoms with Crippen molar-refractivity contribution in [1.82, 2.24) is 15.0 Å². The summed E-state index contributed by atoms with van der Waals surface area (Å²) < 4.78 is 38.8. The van der Waals surface area contributed by atoms with Gasteiger partial charge in [-0.25, -0.2) is 15.0 Å². The summed E-state index contributed by atoms with van der Waals surface area (Å²) in [5, 5.41) is 1.62. The lowest BCUT2D eigenvalue weighted by molar-refractivity contribution is -0.140. The van der Waals surface area contributed by atoms with E-state index in [2.05, 4.69) is 30.9 Å². The van der Waals surface area contributed by atoms with E-state index in [1.54, 1.807) is 12.4 Å². The van der Waals surface area contributed by atoms with Gasteiger partial charge in [0.1, 0.15) is 0 Å². The highest BCUT2D eigenvalue weighted by molar-refractivity contribution is 9.10. The number of piperidine rings is 1. The Bertz CT molecular complexity index is 643. The van der Waals surface area contributed by atoms with Gasteiger partial charge in [-0.15, -0.1) is 11.3 Å². The van der Waals surface area contributed by atoms with Crippen molar-refractivity contribution in [3.05, 3.63) is 32.9 Å². The van der Waals surface area contributed by atoms with E-state index in [1.807, 2.05) is 4.90 Å². The molecule has 1 atom stereocenters. The van der Waals surface area contributed by atoms with Gasteiger partial charge in [-0.05, 0) is 28.8 Å². The predicted octanol–water partition coefficient (Wildman–Crippen LogP) is 4.10. The second-order valence-electron chi connectivity index (χ2n) is 5.06. The maximum absolute atomic E-state index is 12.7. The van der Waals surface area contributed by atoms with Crippen molar-refractivity contribution < 1.29 is 13.2 Å². The minimum absolute atomic E-state index is 0.0119. The molecule has 0 aliphatic carbocycles. The molecular weight excluding hydrogens is 381 g/mol. The van der Waals surface area contributed by atoms with Crippen LogP contribution in [0.25, 0.3) is 0 Å². The molecule has 22 heavy (non-hydrogen) atoms. The summed E-state index contributed by atoms with van der Waals surface area (Å²) in [5.41, 5.74) is -0.801. The molecule has 1 aliphatic heterocycles. The summed E-state index contributed by atoms with van der Waals surface area (Å²) in [6, 6.07) is 0. The number of anilines is 1. The molecule has 0 radical (unpaired) electrons. The molecule has 1 fully saturated rings. The first-order chi connectivity index (χ1) is 10.4. The van der Waals surface area contributed by atoms with Crippen LogP contribution in [0.3, 0.4) is 0 Å². The first-order valence-electron chi connectivity index (χ1n) is 6.68. The standard InChI is InChI=1S/C13H12BrF3N4S/c14-9-4-18-12(19-5-9)21-3-1-2-8(6-21)11-20-10(7-22-11)13(15,16)17/h4-5,7-8H,1-3,6H2. The zero-order valence-corrected chi connectivity index (χ0v) is 13.7. The molecular formula is C13H12BrF3N4S. The Hall–Kier alpha value is -1.22. The lowest BCUT2D eigenvalue weighted by Gasteiger charge is -2.31. The van der Waals surface area contributed by atoms with Crippen molar-refractivity contribution >= 4 is 33.2 Å². The van der Waals surface area contributed by atoms with Crippen LogP contribution in [0.4, 0.5) is 19.1 Å². The average Bonchev–Trinajstić information content (AvgIpc) is 2.98. The molecule has 1 aliphatic rings. The Labute approximate surface area is 137 Å². The van der Waals surface area contributed by atoms with Gasteiger partial charge in [0.2, 0.25) is 5.95 Å². The number of hydrogen-bond donors (Lipinski definition) is 0. The fraction of sp³-hybridized carbons (Fsp3) is 0.462. The summed E-state index contributed by atoms with van der Waals surface area (Å²) >= 11 is 4.36. The maximum Gasteiger partial charge on any atom is 0.434 e. The number of alkyl halides is 3. The monoisotopic (exact) mass is 392 g/mol. The minimum Gasteiger partial charge on any atom is -0.340 e. The van der Waals surface area contributed by atoms with Crippen molar-refractivity contribution in [2.24, 2.45) is 0 Å². The van der Waals surface area contributed by atoms with Crippen molar-refractivity contribution in [1.29, 1.82) is 0 Å². The molecule has 1 unspecified atom stereocenters. The lowest BCUT2D eigenvalue weighted by atomic mass is 9.99. The zero-order chi connectivity index (χ0) is 15.7. The van der Waals surface area contributed by atoms with Crippen molar-refractivity contribution in [2.75, 3.05) is 18.0 Å². The minimum atomic E-state index is -4.38. The Morgan fingerprint density at radius 2 is 2.00 bits per heavy atom. The third-order valence-corrected chi connectivity index (χ3v) is 4.89. The summed E-state index contributed by atoms with van der Waals surface area (Å²) in [7, 11) is 0. The highest BCUT2D eigenvalue weighted by Crippen LogP contribution is 2.35. The number of thiazole rings is 1. The number of hydrogen-bond acceptors (Lipinski definition) is 5. The topological polar surface area (TPSA) is 41.9 Å². The molecule has 0 saturated carbocycles. The normalized spacial score (nSPS) is 19.5. The van der Waals surface area contributed by atoms with Crippen LogP contribution in [0, 0.1) is 0 Å². The molecule has 0 amide bonds. The quantitative estimate of drug-likeness (QED) is 0.771. The zero-order valence-electron chi connectivity index (χ0n) is 11.3. The molecule has 0 spiro atoms. The lowest BCUT2D eigenvalue weighted by Crippen LogP contribution is -2.35. The SMILES string of the molecule is FC(F)(F)c1csc(C2CCCN(c3ncc(Br)cn3)C2)n1. The number of halogens is 4. The molecule has 4 nitrogen and oxygen atoms in total. The largest absolute Gasteiger partial charge is 0.434 e. The van der Waals surface area contributed by atoms with Gasteiger partial charge < -0.3 is 4.90 Å². The van der Waals surface area contributed by atoms with Crippen LogP contribution in [-0.2, 0) is 6.18 Å². The van der Waals surface area contributed by atoms with Crippen LogP contribution in [0.15, 0.2) is 22.2 Å². The van der Waals surface area contributed by atoms with Crippen molar-refractivity contribution in [2.45, 2.75) is 24.9 Å². The number of nitrogens with zero attached hydrogens (tertiary/aromatic N) is 4. The van der Waals surface area contributed by atoms with E-state index in [1.165, 1.54) is 0 Å². The van der Waals surface area contributed by atoms with Gasteiger partial charge in [0.15, 0.2) is 5.69 Å². The van der Waals surface area contributed by atoms with E-state index < -0.39 is 11.9 Å². The third-order valence-electron chi connectivity index (χ3n) is 3.47. The second kappa shape index (κ2) is 6.11. The Morgan fingerprint density at radius 3 is 2.64 bits per heavy atom. The molecule has 3 rings (SSSR count). The summed E-state index contributed by atoms with van der Waals surface area (Å²) in [5.74, 6) is 0.586. The van der Waals surface area contributed by atoms with E-state index in [0.717, 1.165) is 40.6 Å². The van der Waals surface area contributed by atoms with Crippen molar-refractivity contribution in [3.63, 3.8) is 0 Å². The van der Waals surface area contributed by atoms with Crippen LogP contribution in [0.5, 0.6) is 0 Å². The van der Waals surface area contributed by atoms with Gasteiger partial charge in [0, 0.05) is 36.8 Å². The first kappa shape index (κ1) is 15.7. The van der Waals surface area contributed by atoms with E-state index in [9.17, 15) is 13.2 Å². The molecule has 2 aromatic heterocycles. The average molecular weight is 393 g/mol. The Kier molecular flexibility index (Phi) is 4.35. The molecule has 3 heterocycles. The van der Waals surface area contributed by atoms with Crippen LogP contribution >= 0.6 is 27.3 Å². The molecule has 0 N–H and O–H groups in total. The Balaban J connectivity index is 1.75. The van der Waals surface area contributed by atoms with Gasteiger partial charge in [-0.1, -0.05) is 0 Å². The van der Waals surface area contributed by atoms with Crippen molar-refractivity contribution in [3.8, 4) is 0 Å². The molecule has 9 heteroatoms. The molecule has 0 aromatic carbocycles. The first-order valence-corrected chi connectivity index (χ1v) is 8.36. The Morgan fingerprint density at radius 1 is 1.27 bits per heavy atom. The van der Waals surface area contributed by atoms with Crippen LogP contribution in [0.2, 0.25) is 0 Å². The maximum atomic E-state index is 12.7. The fourth-order valence-corrected chi connectivity index (χ4v) is 3.59. The highest BCUT2D eigenvalue weighted by Gasteiger charge is 2.35. The van der Waals surface area contributed by atoms with E-state index >= 15 is 0 Å². The fourth-order valence-electron chi connectivity index (χ4n) is 2.43. The van der Waals surface area contributed by atoms with Gasteiger partial charge in [0.05, 0.1) is 9.48 Å². The molecule has 0 bridgehead atoms. The number of rotatable bonds is 2. The molecule has 2 aromatic rings. The van der Waals surface area contributed by atoms with E-state index in [-0.39, 0.29) is 5.92 Å². The van der Waals surface area contributed by atoms with Gasteiger partial charge in [-0.2, -0.15) is 13.2 Å². The third kappa shape index (κ3) is 3.40. The van der Waals surface area contributed by atoms with Crippen LogP contribution in [-0.4, -0.2) is 28.0 Å². The molecule has 118 valence electrons. The van der Waals surface area contributed by atoms with Gasteiger partial charge in [-0.3, -0.25) is 0 Å². The molecule has 1 saturated heterocycles.